The summed E-state index contributed by atoms with van der Waals surface area (Å²) >= 11 is 0. The lowest BCUT2D eigenvalue weighted by atomic mass is 9.91. The van der Waals surface area contributed by atoms with E-state index < -0.39 is 35.5 Å². The zero-order valence-electron chi connectivity index (χ0n) is 25.1. The van der Waals surface area contributed by atoms with E-state index in [9.17, 15) is 23.2 Å². The highest BCUT2D eigenvalue weighted by Gasteiger charge is 2.28. The molecule has 0 saturated heterocycles. The maximum Gasteiger partial charge on any atom is 0.253 e. The van der Waals surface area contributed by atoms with Gasteiger partial charge in [-0.05, 0) is 74.3 Å². The lowest BCUT2D eigenvalue weighted by molar-refractivity contribution is -0.125. The molecule has 0 unspecified atom stereocenters. The van der Waals surface area contributed by atoms with Crippen LogP contribution in [0.4, 0.5) is 8.78 Å². The van der Waals surface area contributed by atoms with E-state index in [1.807, 2.05) is 13.8 Å². The molecule has 42 heavy (non-hydrogen) atoms. The standard InChI is InChI=1S/C33H46F2N4O3/c1-4-16-39(17-5-2)33(42)26-14-8-13-25(19-26)32(41)38-29(20-24-12-9-15-27(34)30(24)35)28(36)18-22(3)31(40)37-21-23-10-6-7-11-23/h8-9,12-15,19,22-23,28-29H,4-7,10-11,16-18,20-21,36H2,1-3H3,(H,37,40)(H,38,41)/t22-,28+,29+/m1/s1. The number of nitrogens with one attached hydrogen (secondary N) is 2. The molecule has 3 amide bonds. The summed E-state index contributed by atoms with van der Waals surface area (Å²) in [6.45, 7) is 7.65. The Balaban J connectivity index is 1.76. The minimum absolute atomic E-state index is 0.0632. The molecule has 4 N–H and O–H groups in total. The third kappa shape index (κ3) is 9.34. The van der Waals surface area contributed by atoms with Crippen molar-refractivity contribution in [3.63, 3.8) is 0 Å². The summed E-state index contributed by atoms with van der Waals surface area (Å²) in [5.74, 6) is -2.68. The third-order valence-electron chi connectivity index (χ3n) is 8.06. The van der Waals surface area contributed by atoms with Crippen molar-refractivity contribution >= 4 is 17.7 Å². The fraction of sp³-hybridized carbons (Fsp3) is 0.545. The van der Waals surface area contributed by atoms with Crippen LogP contribution in [-0.4, -0.2) is 54.3 Å². The zero-order valence-corrected chi connectivity index (χ0v) is 25.1. The second-order valence-corrected chi connectivity index (χ2v) is 11.6. The molecule has 1 aliphatic rings. The van der Waals surface area contributed by atoms with E-state index >= 15 is 0 Å². The van der Waals surface area contributed by atoms with E-state index in [0.29, 0.717) is 31.1 Å². The molecule has 2 aromatic rings. The SMILES string of the molecule is CCCN(CCC)C(=O)c1cccc(C(=O)N[C@@H](Cc2cccc(F)c2F)[C@@H](N)C[C@@H](C)C(=O)NCC2CCCC2)c1. The van der Waals surface area contributed by atoms with Crippen LogP contribution in [-0.2, 0) is 11.2 Å². The second-order valence-electron chi connectivity index (χ2n) is 11.6. The Morgan fingerprint density at radius 2 is 1.64 bits per heavy atom. The number of carbonyl (C=O) groups is 3. The Hall–Kier alpha value is -3.33. The maximum absolute atomic E-state index is 14.6. The van der Waals surface area contributed by atoms with Crippen LogP contribution in [0.2, 0.25) is 0 Å². The Morgan fingerprint density at radius 3 is 2.31 bits per heavy atom. The first-order valence-electron chi connectivity index (χ1n) is 15.3. The monoisotopic (exact) mass is 584 g/mol. The van der Waals surface area contributed by atoms with Crippen molar-refractivity contribution in [3.05, 3.63) is 70.8 Å². The molecular formula is C33H46F2N4O3. The van der Waals surface area contributed by atoms with Gasteiger partial charge in [-0.3, -0.25) is 14.4 Å². The average Bonchev–Trinajstić information content (AvgIpc) is 3.51. The molecule has 1 saturated carbocycles. The second kappa shape index (κ2) is 16.3. The normalized spacial score (nSPS) is 15.6. The third-order valence-corrected chi connectivity index (χ3v) is 8.06. The van der Waals surface area contributed by atoms with E-state index in [1.54, 1.807) is 36.1 Å². The van der Waals surface area contributed by atoms with Gasteiger partial charge in [-0.2, -0.15) is 0 Å². The van der Waals surface area contributed by atoms with Crippen LogP contribution in [0.1, 0.15) is 92.0 Å². The van der Waals surface area contributed by atoms with Crippen LogP contribution in [0.15, 0.2) is 42.5 Å². The number of nitrogens with two attached hydrogens (primary N) is 1. The Kier molecular flexibility index (Phi) is 12.9. The van der Waals surface area contributed by atoms with Gasteiger partial charge in [0.1, 0.15) is 0 Å². The van der Waals surface area contributed by atoms with E-state index in [0.717, 1.165) is 31.7 Å². The van der Waals surface area contributed by atoms with Gasteiger partial charge in [0.15, 0.2) is 11.6 Å². The van der Waals surface area contributed by atoms with Crippen molar-refractivity contribution in [3.8, 4) is 0 Å². The van der Waals surface area contributed by atoms with Crippen LogP contribution < -0.4 is 16.4 Å². The van der Waals surface area contributed by atoms with Crippen molar-refractivity contribution < 1.29 is 23.2 Å². The summed E-state index contributed by atoms with van der Waals surface area (Å²) in [6, 6.07) is 8.84. The number of rotatable bonds is 15. The molecule has 0 aliphatic heterocycles. The van der Waals surface area contributed by atoms with Gasteiger partial charge in [0, 0.05) is 48.8 Å². The number of carbonyl (C=O) groups excluding carboxylic acids is 3. The predicted octanol–water partition coefficient (Wildman–Crippen LogP) is 5.23. The Morgan fingerprint density at radius 1 is 1.00 bits per heavy atom. The minimum Gasteiger partial charge on any atom is -0.356 e. The summed E-state index contributed by atoms with van der Waals surface area (Å²) < 4.78 is 28.6. The summed E-state index contributed by atoms with van der Waals surface area (Å²) in [4.78, 5) is 41.1. The molecule has 0 aromatic heterocycles. The van der Waals surface area contributed by atoms with Gasteiger partial charge >= 0.3 is 0 Å². The van der Waals surface area contributed by atoms with Crippen LogP contribution in [0, 0.1) is 23.5 Å². The van der Waals surface area contributed by atoms with Gasteiger partial charge in [0.05, 0.1) is 0 Å². The number of hydrogen-bond acceptors (Lipinski definition) is 4. The molecule has 3 rings (SSSR count). The molecule has 3 atom stereocenters. The summed E-state index contributed by atoms with van der Waals surface area (Å²) in [5.41, 5.74) is 7.28. The van der Waals surface area contributed by atoms with E-state index in [2.05, 4.69) is 10.6 Å². The molecule has 230 valence electrons. The molecule has 7 nitrogen and oxygen atoms in total. The number of hydrogen-bond donors (Lipinski definition) is 3. The zero-order chi connectivity index (χ0) is 30.6. The van der Waals surface area contributed by atoms with Crippen LogP contribution in [0.5, 0.6) is 0 Å². The van der Waals surface area contributed by atoms with Gasteiger partial charge in [0.25, 0.3) is 11.8 Å². The highest BCUT2D eigenvalue weighted by atomic mass is 19.2. The average molecular weight is 585 g/mol. The first-order valence-corrected chi connectivity index (χ1v) is 15.3. The Bertz CT molecular complexity index is 1200. The molecular weight excluding hydrogens is 538 g/mol. The quantitative estimate of drug-likeness (QED) is 0.267. The van der Waals surface area contributed by atoms with Crippen LogP contribution in [0.25, 0.3) is 0 Å². The predicted molar refractivity (Wildman–Crippen MR) is 161 cm³/mol. The van der Waals surface area contributed by atoms with Gasteiger partial charge < -0.3 is 21.3 Å². The maximum atomic E-state index is 14.6. The molecule has 0 radical (unpaired) electrons. The van der Waals surface area contributed by atoms with Crippen molar-refractivity contribution in [2.75, 3.05) is 19.6 Å². The molecule has 0 heterocycles. The summed E-state index contributed by atoms with van der Waals surface area (Å²) in [6.07, 6.45) is 6.41. The smallest absolute Gasteiger partial charge is 0.253 e. The fourth-order valence-corrected chi connectivity index (χ4v) is 5.65. The number of benzene rings is 2. The van der Waals surface area contributed by atoms with Crippen molar-refractivity contribution in [1.29, 1.82) is 0 Å². The summed E-state index contributed by atoms with van der Waals surface area (Å²) in [7, 11) is 0. The van der Waals surface area contributed by atoms with Crippen molar-refractivity contribution in [2.45, 2.75) is 84.2 Å². The Labute approximate surface area is 248 Å². The molecule has 0 bridgehead atoms. The first-order chi connectivity index (χ1) is 20.1. The van der Waals surface area contributed by atoms with Gasteiger partial charge in [-0.25, -0.2) is 8.78 Å². The molecule has 1 fully saturated rings. The van der Waals surface area contributed by atoms with Crippen LogP contribution >= 0.6 is 0 Å². The highest BCUT2D eigenvalue weighted by Crippen LogP contribution is 2.24. The van der Waals surface area contributed by atoms with Crippen molar-refractivity contribution in [1.82, 2.24) is 15.5 Å². The van der Waals surface area contributed by atoms with Gasteiger partial charge in [-0.1, -0.05) is 51.8 Å². The van der Waals surface area contributed by atoms with E-state index in [-0.39, 0.29) is 35.8 Å². The molecule has 9 heteroatoms. The highest BCUT2D eigenvalue weighted by molar-refractivity contribution is 5.99. The molecule has 2 aromatic carbocycles. The minimum atomic E-state index is -0.995. The van der Waals surface area contributed by atoms with Gasteiger partial charge in [-0.15, -0.1) is 0 Å². The number of nitrogens with zero attached hydrogens (tertiary/aromatic N) is 1. The largest absolute Gasteiger partial charge is 0.356 e. The first kappa shape index (κ1) is 33.2. The lowest BCUT2D eigenvalue weighted by Crippen LogP contribution is -2.50. The topological polar surface area (TPSA) is 105 Å². The van der Waals surface area contributed by atoms with E-state index in [1.165, 1.54) is 25.0 Å². The molecule has 1 aliphatic carbocycles. The lowest BCUT2D eigenvalue weighted by Gasteiger charge is -2.28. The van der Waals surface area contributed by atoms with Gasteiger partial charge in [0.2, 0.25) is 5.91 Å². The fourth-order valence-electron chi connectivity index (χ4n) is 5.65. The number of halogens is 2. The van der Waals surface area contributed by atoms with E-state index in [4.69, 9.17) is 5.73 Å². The number of amides is 3. The molecule has 0 spiro atoms. The summed E-state index contributed by atoms with van der Waals surface area (Å²) in [5, 5.41) is 5.90. The van der Waals surface area contributed by atoms with Crippen LogP contribution in [0.3, 0.4) is 0 Å². The van der Waals surface area contributed by atoms with Crippen molar-refractivity contribution in [2.24, 2.45) is 17.6 Å².